The highest BCUT2D eigenvalue weighted by molar-refractivity contribution is 6.28. The maximum atomic E-state index is 4.90. The van der Waals surface area contributed by atoms with Crippen LogP contribution in [0.25, 0.3) is 66.0 Å². The molecular formula is C32H20N2. The van der Waals surface area contributed by atoms with Crippen molar-refractivity contribution < 1.29 is 0 Å². The lowest BCUT2D eigenvalue weighted by molar-refractivity contribution is 1.28. The Morgan fingerprint density at radius 1 is 0.441 bits per heavy atom. The molecule has 0 saturated heterocycles. The predicted molar refractivity (Wildman–Crippen MR) is 142 cm³/mol. The van der Waals surface area contributed by atoms with Crippen molar-refractivity contribution in [3.05, 3.63) is 122 Å². The Balaban J connectivity index is 1.54. The zero-order chi connectivity index (χ0) is 22.5. The van der Waals surface area contributed by atoms with Crippen molar-refractivity contribution in [1.82, 2.24) is 9.97 Å². The third-order valence-corrected chi connectivity index (χ3v) is 6.73. The minimum absolute atomic E-state index is 0.932. The SMILES string of the molecule is c1ccc(-c2cc(-c3ccc(-c4ccccn4)cn3)c3ccc4cccc5ccc2c3c54)cc1. The molecule has 7 aromatic rings. The van der Waals surface area contributed by atoms with Crippen LogP contribution in [0.2, 0.25) is 0 Å². The van der Waals surface area contributed by atoms with E-state index in [4.69, 9.17) is 4.98 Å². The van der Waals surface area contributed by atoms with Gasteiger partial charge in [0, 0.05) is 23.5 Å². The van der Waals surface area contributed by atoms with Gasteiger partial charge in [0.2, 0.25) is 0 Å². The van der Waals surface area contributed by atoms with Crippen LogP contribution in [-0.4, -0.2) is 9.97 Å². The molecule has 2 nitrogen and oxygen atoms in total. The van der Waals surface area contributed by atoms with E-state index in [1.807, 2.05) is 30.6 Å². The van der Waals surface area contributed by atoms with Crippen LogP contribution in [-0.2, 0) is 0 Å². The molecule has 0 amide bonds. The van der Waals surface area contributed by atoms with Crippen LogP contribution in [0.3, 0.4) is 0 Å². The van der Waals surface area contributed by atoms with Crippen LogP contribution < -0.4 is 0 Å². The lowest BCUT2D eigenvalue weighted by Gasteiger charge is -2.17. The summed E-state index contributed by atoms with van der Waals surface area (Å²) in [6, 6.07) is 38.7. The van der Waals surface area contributed by atoms with Crippen molar-refractivity contribution in [2.45, 2.75) is 0 Å². The molecule has 34 heavy (non-hydrogen) atoms. The minimum atomic E-state index is 0.932. The first kappa shape index (κ1) is 19.0. The van der Waals surface area contributed by atoms with Crippen molar-refractivity contribution in [1.29, 1.82) is 0 Å². The number of hydrogen-bond donors (Lipinski definition) is 0. The summed E-state index contributed by atoms with van der Waals surface area (Å²) < 4.78 is 0. The van der Waals surface area contributed by atoms with Gasteiger partial charge in [0.15, 0.2) is 0 Å². The summed E-state index contributed by atoms with van der Waals surface area (Å²) in [5.41, 5.74) is 6.52. The molecule has 0 fully saturated rings. The van der Waals surface area contributed by atoms with E-state index in [0.29, 0.717) is 0 Å². The zero-order valence-electron chi connectivity index (χ0n) is 18.4. The lowest BCUT2D eigenvalue weighted by atomic mass is 9.86. The highest BCUT2D eigenvalue weighted by Crippen LogP contribution is 2.43. The van der Waals surface area contributed by atoms with Crippen LogP contribution in [0.4, 0.5) is 0 Å². The first-order valence-corrected chi connectivity index (χ1v) is 11.5. The highest BCUT2D eigenvalue weighted by Gasteiger charge is 2.17. The Morgan fingerprint density at radius 3 is 1.91 bits per heavy atom. The summed E-state index contributed by atoms with van der Waals surface area (Å²) in [5, 5.41) is 7.68. The predicted octanol–water partition coefficient (Wildman–Crippen LogP) is 8.38. The topological polar surface area (TPSA) is 25.8 Å². The Kier molecular flexibility index (Phi) is 4.18. The summed E-state index contributed by atoms with van der Waals surface area (Å²) in [6.45, 7) is 0. The van der Waals surface area contributed by atoms with Gasteiger partial charge in [-0.15, -0.1) is 0 Å². The van der Waals surface area contributed by atoms with E-state index in [0.717, 1.165) is 22.5 Å². The number of hydrogen-bond acceptors (Lipinski definition) is 2. The maximum Gasteiger partial charge on any atom is 0.0717 e. The molecule has 2 aromatic heterocycles. The molecule has 7 rings (SSSR count). The summed E-state index contributed by atoms with van der Waals surface area (Å²) >= 11 is 0. The summed E-state index contributed by atoms with van der Waals surface area (Å²) in [5.74, 6) is 0. The van der Waals surface area contributed by atoms with Gasteiger partial charge < -0.3 is 0 Å². The second-order valence-electron chi connectivity index (χ2n) is 8.67. The van der Waals surface area contributed by atoms with Crippen molar-refractivity contribution >= 4 is 32.3 Å². The van der Waals surface area contributed by atoms with E-state index in [-0.39, 0.29) is 0 Å². The molecule has 0 bridgehead atoms. The molecule has 0 spiro atoms. The monoisotopic (exact) mass is 432 g/mol. The number of pyridine rings is 2. The van der Waals surface area contributed by atoms with Gasteiger partial charge in [-0.3, -0.25) is 9.97 Å². The third-order valence-electron chi connectivity index (χ3n) is 6.73. The number of rotatable bonds is 3. The fourth-order valence-corrected chi connectivity index (χ4v) is 5.14. The van der Waals surface area contributed by atoms with E-state index >= 15 is 0 Å². The fourth-order valence-electron chi connectivity index (χ4n) is 5.14. The Hall–Kier alpha value is -4.56. The van der Waals surface area contributed by atoms with E-state index in [9.17, 15) is 0 Å². The largest absolute Gasteiger partial charge is 0.256 e. The standard InChI is InChI=1S/C32H20N2/c1-2-7-21(8-3-1)27-19-28(30-17-14-24(20-34-30)29-11-4-5-18-33-29)26-16-13-23-10-6-9-22-12-15-25(27)32(26)31(22)23/h1-20H. The molecule has 0 unspecified atom stereocenters. The van der Waals surface area contributed by atoms with Gasteiger partial charge in [-0.25, -0.2) is 0 Å². The minimum Gasteiger partial charge on any atom is -0.256 e. The van der Waals surface area contributed by atoms with E-state index < -0.39 is 0 Å². The van der Waals surface area contributed by atoms with Gasteiger partial charge in [-0.05, 0) is 73.8 Å². The molecule has 0 aliphatic carbocycles. The van der Waals surface area contributed by atoms with Gasteiger partial charge in [0.05, 0.1) is 11.4 Å². The van der Waals surface area contributed by atoms with Gasteiger partial charge in [0.1, 0.15) is 0 Å². The van der Waals surface area contributed by atoms with E-state index in [2.05, 4.69) is 96.0 Å². The third kappa shape index (κ3) is 2.89. The smallest absolute Gasteiger partial charge is 0.0717 e. The van der Waals surface area contributed by atoms with Gasteiger partial charge in [0.25, 0.3) is 0 Å². The highest BCUT2D eigenvalue weighted by atomic mass is 14.7. The lowest BCUT2D eigenvalue weighted by Crippen LogP contribution is -1.93. The van der Waals surface area contributed by atoms with Gasteiger partial charge in [-0.2, -0.15) is 0 Å². The Morgan fingerprint density at radius 2 is 1.21 bits per heavy atom. The Bertz CT molecular complexity index is 1750. The Labute approximate surface area is 197 Å². The van der Waals surface area contributed by atoms with Gasteiger partial charge in [-0.1, -0.05) is 78.9 Å². The molecular weight excluding hydrogens is 412 g/mol. The van der Waals surface area contributed by atoms with E-state index in [1.165, 1.54) is 43.4 Å². The number of benzene rings is 5. The summed E-state index contributed by atoms with van der Waals surface area (Å²) in [7, 11) is 0. The number of aromatic nitrogens is 2. The molecule has 158 valence electrons. The van der Waals surface area contributed by atoms with E-state index in [1.54, 1.807) is 0 Å². The normalized spacial score (nSPS) is 11.5. The van der Waals surface area contributed by atoms with Crippen LogP contribution in [0.5, 0.6) is 0 Å². The molecule has 2 heterocycles. The average Bonchev–Trinajstić information content (AvgIpc) is 2.92. The van der Waals surface area contributed by atoms with Crippen molar-refractivity contribution in [3.63, 3.8) is 0 Å². The van der Waals surface area contributed by atoms with Crippen molar-refractivity contribution in [3.8, 4) is 33.6 Å². The number of nitrogens with zero attached hydrogens (tertiary/aromatic N) is 2. The molecule has 0 saturated carbocycles. The molecule has 0 N–H and O–H groups in total. The van der Waals surface area contributed by atoms with Crippen molar-refractivity contribution in [2.24, 2.45) is 0 Å². The molecule has 0 aliphatic rings. The summed E-state index contributed by atoms with van der Waals surface area (Å²) in [6.07, 6.45) is 3.74. The molecule has 0 radical (unpaired) electrons. The zero-order valence-corrected chi connectivity index (χ0v) is 18.4. The van der Waals surface area contributed by atoms with Crippen LogP contribution in [0, 0.1) is 0 Å². The molecule has 2 heteroatoms. The van der Waals surface area contributed by atoms with Crippen LogP contribution >= 0.6 is 0 Å². The fraction of sp³-hybridized carbons (Fsp3) is 0. The quantitative estimate of drug-likeness (QED) is 0.262. The van der Waals surface area contributed by atoms with Crippen molar-refractivity contribution in [2.75, 3.05) is 0 Å². The maximum absolute atomic E-state index is 4.90. The molecule has 0 atom stereocenters. The van der Waals surface area contributed by atoms with Crippen LogP contribution in [0.1, 0.15) is 0 Å². The first-order chi connectivity index (χ1) is 16.9. The second-order valence-corrected chi connectivity index (χ2v) is 8.67. The van der Waals surface area contributed by atoms with Gasteiger partial charge >= 0.3 is 0 Å². The first-order valence-electron chi connectivity index (χ1n) is 11.5. The molecule has 5 aromatic carbocycles. The average molecular weight is 433 g/mol. The molecule has 0 aliphatic heterocycles. The van der Waals surface area contributed by atoms with Crippen LogP contribution in [0.15, 0.2) is 122 Å². The second kappa shape index (κ2) is 7.50. The summed E-state index contributed by atoms with van der Waals surface area (Å²) in [4.78, 5) is 9.37.